The molecule has 1 heterocycles. The molecule has 1 aliphatic carbocycles. The molecular weight excluding hydrogens is 578 g/mol. The number of carbonyl (C=O) groups excluding carboxylic acids is 2. The molecule has 202 valence electrons. The van der Waals surface area contributed by atoms with Crippen LogP contribution < -0.4 is 16.0 Å². The van der Waals surface area contributed by atoms with Crippen molar-refractivity contribution in [3.63, 3.8) is 0 Å². The fourth-order valence-electron chi connectivity index (χ4n) is 5.04. The summed E-state index contributed by atoms with van der Waals surface area (Å²) in [7, 11) is 1.90. The first-order chi connectivity index (χ1) is 18.7. The van der Waals surface area contributed by atoms with Crippen molar-refractivity contribution in [3.05, 3.63) is 81.3 Å². The number of aryl methyl sites for hydroxylation is 1. The largest absolute Gasteiger partial charge is 0.352 e. The minimum Gasteiger partial charge on any atom is -0.352 e. The van der Waals surface area contributed by atoms with E-state index in [1.165, 1.54) is 6.42 Å². The maximum atomic E-state index is 12.9. The van der Waals surface area contributed by atoms with Crippen LogP contribution in [0.5, 0.6) is 0 Å². The Morgan fingerprint density at radius 1 is 1.03 bits per heavy atom. The van der Waals surface area contributed by atoms with E-state index in [-0.39, 0.29) is 17.2 Å². The van der Waals surface area contributed by atoms with Gasteiger partial charge in [0, 0.05) is 34.7 Å². The molecule has 2 amide bonds. The molecule has 4 aromatic rings. The molecule has 0 saturated heterocycles. The molecule has 1 aromatic heterocycles. The van der Waals surface area contributed by atoms with Gasteiger partial charge in [0.15, 0.2) is 0 Å². The zero-order valence-electron chi connectivity index (χ0n) is 22.0. The van der Waals surface area contributed by atoms with Gasteiger partial charge in [0.1, 0.15) is 0 Å². The van der Waals surface area contributed by atoms with Crippen LogP contribution >= 0.6 is 27.5 Å². The number of carbonyl (C=O) groups is 2. The van der Waals surface area contributed by atoms with Crippen molar-refractivity contribution >= 4 is 67.7 Å². The molecule has 7 nitrogen and oxygen atoms in total. The Hall–Kier alpha value is -3.36. The van der Waals surface area contributed by atoms with Crippen LogP contribution in [0.25, 0.3) is 11.0 Å². The zero-order chi connectivity index (χ0) is 27.6. The zero-order valence-corrected chi connectivity index (χ0v) is 24.3. The highest BCUT2D eigenvalue weighted by Gasteiger charge is 2.34. The maximum absolute atomic E-state index is 12.9. The third-order valence-corrected chi connectivity index (χ3v) is 8.34. The fourth-order valence-corrected chi connectivity index (χ4v) is 5.47. The van der Waals surface area contributed by atoms with E-state index in [0.29, 0.717) is 40.0 Å². The molecule has 5 rings (SSSR count). The van der Waals surface area contributed by atoms with Crippen LogP contribution in [-0.2, 0) is 18.4 Å². The third-order valence-electron chi connectivity index (χ3n) is 7.48. The summed E-state index contributed by atoms with van der Waals surface area (Å²) in [5.74, 6) is 0.495. The Morgan fingerprint density at radius 2 is 1.77 bits per heavy atom. The second-order valence-electron chi connectivity index (χ2n) is 10.4. The minimum atomic E-state index is -0.285. The van der Waals surface area contributed by atoms with Crippen LogP contribution in [0.2, 0.25) is 5.02 Å². The van der Waals surface area contributed by atoms with Gasteiger partial charge in [-0.15, -0.1) is 0 Å². The summed E-state index contributed by atoms with van der Waals surface area (Å²) in [5.41, 5.74) is 4.14. The van der Waals surface area contributed by atoms with Crippen LogP contribution in [-0.4, -0.2) is 21.4 Å². The van der Waals surface area contributed by atoms with Crippen molar-refractivity contribution in [2.45, 2.75) is 45.6 Å². The summed E-state index contributed by atoms with van der Waals surface area (Å²) < 4.78 is 2.86. The molecule has 3 aromatic carbocycles. The molecule has 1 fully saturated rings. The van der Waals surface area contributed by atoms with E-state index in [1.54, 1.807) is 12.1 Å². The van der Waals surface area contributed by atoms with Gasteiger partial charge in [0.25, 0.3) is 5.91 Å². The number of nitrogens with zero attached hydrogens (tertiary/aromatic N) is 2. The van der Waals surface area contributed by atoms with Gasteiger partial charge in [-0.3, -0.25) is 9.59 Å². The molecule has 9 heteroatoms. The molecule has 3 N–H and O–H groups in total. The van der Waals surface area contributed by atoms with Gasteiger partial charge < -0.3 is 20.5 Å². The van der Waals surface area contributed by atoms with E-state index in [0.717, 1.165) is 41.2 Å². The first-order valence-corrected chi connectivity index (χ1v) is 14.3. The lowest BCUT2D eigenvalue weighted by molar-refractivity contribution is -0.132. The average Bonchev–Trinajstić information content (AvgIpc) is 3.24. The van der Waals surface area contributed by atoms with Crippen molar-refractivity contribution in [1.29, 1.82) is 0 Å². The Morgan fingerprint density at radius 3 is 2.51 bits per heavy atom. The summed E-state index contributed by atoms with van der Waals surface area (Å²) >= 11 is 9.92. The minimum absolute atomic E-state index is 0.113. The molecule has 0 aliphatic heterocycles. The van der Waals surface area contributed by atoms with Crippen molar-refractivity contribution < 1.29 is 9.59 Å². The molecular formula is C30H31BrClN5O2. The number of imidazole rings is 1. The number of anilines is 3. The molecule has 0 radical (unpaired) electrons. The lowest BCUT2D eigenvalue weighted by Crippen LogP contribution is -2.39. The van der Waals surface area contributed by atoms with E-state index < -0.39 is 0 Å². The van der Waals surface area contributed by atoms with Gasteiger partial charge >= 0.3 is 0 Å². The van der Waals surface area contributed by atoms with Gasteiger partial charge in [-0.05, 0) is 73.0 Å². The van der Waals surface area contributed by atoms with Crippen molar-refractivity contribution in [2.24, 2.45) is 12.5 Å². The molecule has 1 aliphatic rings. The van der Waals surface area contributed by atoms with Crippen LogP contribution in [0.3, 0.4) is 0 Å². The topological polar surface area (TPSA) is 88.1 Å². The number of hydrogen-bond donors (Lipinski definition) is 3. The van der Waals surface area contributed by atoms with Crippen LogP contribution in [0.1, 0.15) is 54.9 Å². The Kier molecular flexibility index (Phi) is 7.96. The molecule has 39 heavy (non-hydrogen) atoms. The first-order valence-electron chi connectivity index (χ1n) is 13.1. The number of benzene rings is 3. The second kappa shape index (κ2) is 11.4. The van der Waals surface area contributed by atoms with Gasteiger partial charge in [0.05, 0.1) is 21.7 Å². The van der Waals surface area contributed by atoms with Crippen molar-refractivity contribution in [2.75, 3.05) is 10.6 Å². The molecule has 0 unspecified atom stereocenters. The summed E-state index contributed by atoms with van der Waals surface area (Å²) in [6, 6.07) is 18.5. The Labute approximate surface area is 241 Å². The number of amides is 2. The molecule has 0 atom stereocenters. The SMILES string of the molecule is Cn1c(Nc2cc(CNC(=O)C3(C)CCCCC3)ccc2Cl)nc2cc(C(=O)Nc3ccc(Br)cc3)ccc21. The van der Waals surface area contributed by atoms with Crippen LogP contribution in [0.4, 0.5) is 17.3 Å². The number of halogens is 2. The van der Waals surface area contributed by atoms with Gasteiger partial charge in [0.2, 0.25) is 11.9 Å². The second-order valence-corrected chi connectivity index (χ2v) is 11.7. The van der Waals surface area contributed by atoms with E-state index in [1.807, 2.05) is 60.1 Å². The van der Waals surface area contributed by atoms with Crippen LogP contribution in [0, 0.1) is 5.41 Å². The summed E-state index contributed by atoms with van der Waals surface area (Å²) in [6.07, 6.45) is 5.29. The number of aromatic nitrogens is 2. The molecule has 0 spiro atoms. The van der Waals surface area contributed by atoms with Gasteiger partial charge in [-0.2, -0.15) is 0 Å². The third kappa shape index (κ3) is 6.12. The lowest BCUT2D eigenvalue weighted by Gasteiger charge is -2.32. The van der Waals surface area contributed by atoms with E-state index in [4.69, 9.17) is 16.6 Å². The fraction of sp³-hybridized carbons (Fsp3) is 0.300. The summed E-state index contributed by atoms with van der Waals surface area (Å²) in [4.78, 5) is 30.4. The Balaban J connectivity index is 1.30. The lowest BCUT2D eigenvalue weighted by atomic mass is 9.75. The summed E-state index contributed by atoms with van der Waals surface area (Å²) in [6.45, 7) is 2.50. The highest BCUT2D eigenvalue weighted by atomic mass is 79.9. The molecule has 1 saturated carbocycles. The number of fused-ring (bicyclic) bond motifs is 1. The van der Waals surface area contributed by atoms with Gasteiger partial charge in [-0.25, -0.2) is 4.98 Å². The standard InChI is InChI=1S/C30H31BrClN5O2/c1-30(14-4-3-5-15-30)28(39)33-18-19-6-12-23(32)24(16-19)35-29-36-25-17-20(7-13-26(25)37(29)2)27(38)34-22-10-8-21(31)9-11-22/h6-13,16-17H,3-5,14-15,18H2,1-2H3,(H,33,39)(H,34,38)(H,35,36). The van der Waals surface area contributed by atoms with E-state index in [2.05, 4.69) is 38.8 Å². The highest BCUT2D eigenvalue weighted by molar-refractivity contribution is 9.10. The monoisotopic (exact) mass is 607 g/mol. The number of nitrogens with one attached hydrogen (secondary N) is 3. The highest BCUT2D eigenvalue weighted by Crippen LogP contribution is 2.36. The number of hydrogen-bond acceptors (Lipinski definition) is 4. The van der Waals surface area contributed by atoms with Crippen molar-refractivity contribution in [1.82, 2.24) is 14.9 Å². The van der Waals surface area contributed by atoms with Crippen LogP contribution in [0.15, 0.2) is 65.1 Å². The first kappa shape index (κ1) is 27.2. The van der Waals surface area contributed by atoms with Crippen molar-refractivity contribution in [3.8, 4) is 0 Å². The predicted octanol–water partition coefficient (Wildman–Crippen LogP) is 7.57. The normalized spacial score (nSPS) is 14.7. The smallest absolute Gasteiger partial charge is 0.255 e. The quantitative estimate of drug-likeness (QED) is 0.202. The average molecular weight is 609 g/mol. The maximum Gasteiger partial charge on any atom is 0.255 e. The predicted molar refractivity (Wildman–Crippen MR) is 161 cm³/mol. The Bertz CT molecular complexity index is 1530. The van der Waals surface area contributed by atoms with Gasteiger partial charge in [-0.1, -0.05) is 59.8 Å². The van der Waals surface area contributed by atoms with E-state index >= 15 is 0 Å². The number of rotatable bonds is 7. The summed E-state index contributed by atoms with van der Waals surface area (Å²) in [5, 5.41) is 9.90. The van der Waals surface area contributed by atoms with E-state index in [9.17, 15) is 9.59 Å². The molecule has 0 bridgehead atoms.